The number of nitrogens with one attached hydrogen (secondary N) is 1. The van der Waals surface area contributed by atoms with Crippen LogP contribution in [-0.2, 0) is 35.7 Å². The predicted molar refractivity (Wildman–Crippen MR) is 137 cm³/mol. The van der Waals surface area contributed by atoms with E-state index in [1.807, 2.05) is 104 Å². The highest BCUT2D eigenvalue weighted by Crippen LogP contribution is 2.26. The summed E-state index contributed by atoms with van der Waals surface area (Å²) in [6.07, 6.45) is 1.50. The first-order valence-corrected chi connectivity index (χ1v) is 12.1. The number of carbonyl (C=O) groups excluding carboxylic acids is 1. The molecule has 1 heterocycles. The fourth-order valence-electron chi connectivity index (χ4n) is 3.68. The number of hydrogen-bond donors (Lipinski definition) is 1. The van der Waals surface area contributed by atoms with Crippen LogP contribution in [0.15, 0.2) is 89.8 Å². The minimum absolute atomic E-state index is 0. The average molecular weight is 476 g/mol. The topological polar surface area (TPSA) is 95.5 Å². The second-order valence-electron chi connectivity index (χ2n) is 8.05. The van der Waals surface area contributed by atoms with Crippen LogP contribution >= 0.6 is 0 Å². The van der Waals surface area contributed by atoms with Crippen LogP contribution in [0, 0.1) is 6.92 Å². The zero-order valence-corrected chi connectivity index (χ0v) is 20.1. The molecule has 0 bridgehead atoms. The quantitative estimate of drug-likeness (QED) is 0.387. The molecule has 4 aromatic rings. The van der Waals surface area contributed by atoms with Crippen molar-refractivity contribution in [3.63, 3.8) is 0 Å². The van der Waals surface area contributed by atoms with E-state index in [1.54, 1.807) is 0 Å². The highest BCUT2D eigenvalue weighted by Gasteiger charge is 2.12. The van der Waals surface area contributed by atoms with Crippen LogP contribution in [0.25, 0.3) is 11.1 Å². The van der Waals surface area contributed by atoms with Crippen molar-refractivity contribution in [2.45, 2.75) is 31.1 Å². The summed E-state index contributed by atoms with van der Waals surface area (Å²) in [6, 6.07) is 27.2. The van der Waals surface area contributed by atoms with E-state index in [0.717, 1.165) is 38.7 Å². The third kappa shape index (κ3) is 6.27. The van der Waals surface area contributed by atoms with Gasteiger partial charge in [0.1, 0.15) is 5.78 Å². The van der Waals surface area contributed by atoms with Crippen LogP contribution < -0.4 is 4.72 Å². The summed E-state index contributed by atoms with van der Waals surface area (Å²) in [5, 5.41) is 4.41. The number of aromatic nitrogens is 2. The predicted octanol–water partition coefficient (Wildman–Crippen LogP) is 4.45. The number of Topliss-reactive ketones (excluding diaryl/α,β-unsaturated/α-hetero) is 1. The van der Waals surface area contributed by atoms with Gasteiger partial charge in [-0.2, -0.15) is 5.10 Å². The molecule has 0 fully saturated rings. The second-order valence-corrected chi connectivity index (χ2v) is 9.23. The van der Waals surface area contributed by atoms with Gasteiger partial charge in [0, 0.05) is 31.3 Å². The average Bonchev–Trinajstić information content (AvgIpc) is 3.16. The van der Waals surface area contributed by atoms with Crippen molar-refractivity contribution in [3.8, 4) is 11.1 Å². The summed E-state index contributed by atoms with van der Waals surface area (Å²) < 4.78 is 18.0. The molecule has 7 heteroatoms. The first-order valence-electron chi connectivity index (χ1n) is 10.9. The van der Waals surface area contributed by atoms with Gasteiger partial charge < -0.3 is 10.2 Å². The lowest BCUT2D eigenvalue weighted by Gasteiger charge is -2.11. The van der Waals surface area contributed by atoms with Crippen LogP contribution in [0.5, 0.6) is 0 Å². The summed E-state index contributed by atoms with van der Waals surface area (Å²) in [7, 11) is 0.492. The zero-order valence-electron chi connectivity index (χ0n) is 19.3. The molecule has 1 aromatic heterocycles. The number of hydrogen-bond acceptors (Lipinski definition) is 3. The Bertz CT molecular complexity index is 1250. The van der Waals surface area contributed by atoms with Gasteiger partial charge in [-0.25, -0.2) is 4.21 Å². The molecule has 0 spiro atoms. The number of nitrogens with zero attached hydrogens (tertiary/aromatic N) is 2. The summed E-state index contributed by atoms with van der Waals surface area (Å²) in [5.74, 6) is 0.180. The Morgan fingerprint density at radius 1 is 0.971 bits per heavy atom. The molecule has 34 heavy (non-hydrogen) atoms. The molecule has 6 nitrogen and oxygen atoms in total. The molecular weight excluding hydrogens is 446 g/mol. The lowest BCUT2D eigenvalue weighted by molar-refractivity contribution is -0.118. The Hall–Kier alpha value is -3.55. The Kier molecular flexibility index (Phi) is 8.51. The molecule has 3 N–H and O–H groups in total. The largest absolute Gasteiger partial charge is 0.412 e. The minimum Gasteiger partial charge on any atom is -0.412 e. The monoisotopic (exact) mass is 475 g/mol. The van der Waals surface area contributed by atoms with Gasteiger partial charge in [-0.05, 0) is 54.3 Å². The molecule has 176 valence electrons. The van der Waals surface area contributed by atoms with Crippen LogP contribution in [0.3, 0.4) is 0 Å². The number of aryl methyl sites for hydroxylation is 3. The van der Waals surface area contributed by atoms with Gasteiger partial charge >= 0.3 is 0 Å². The first kappa shape index (κ1) is 25.1. The Labute approximate surface area is 202 Å². The highest BCUT2D eigenvalue weighted by atomic mass is 32.2. The summed E-state index contributed by atoms with van der Waals surface area (Å²) >= 11 is 0. The van der Waals surface area contributed by atoms with Gasteiger partial charge in [-0.1, -0.05) is 60.7 Å². The Balaban J connectivity index is 0.00000324. The number of carbonyl (C=O) groups is 1. The maximum absolute atomic E-state index is 13.1. The van der Waals surface area contributed by atoms with Crippen LogP contribution in [0.4, 0.5) is 5.69 Å². The fourth-order valence-corrected chi connectivity index (χ4v) is 4.73. The molecule has 3 aromatic carbocycles. The minimum atomic E-state index is -1.41. The van der Waals surface area contributed by atoms with Crippen LogP contribution in [0.1, 0.15) is 23.4 Å². The van der Waals surface area contributed by atoms with Crippen molar-refractivity contribution in [2.75, 3.05) is 4.72 Å². The van der Waals surface area contributed by atoms with Crippen molar-refractivity contribution < 1.29 is 14.5 Å². The fraction of sp³-hybridized carbons (Fsp3) is 0.185. The van der Waals surface area contributed by atoms with E-state index in [9.17, 15) is 9.00 Å². The van der Waals surface area contributed by atoms with E-state index < -0.39 is 11.0 Å². The van der Waals surface area contributed by atoms with Gasteiger partial charge in [0.2, 0.25) is 0 Å². The van der Waals surface area contributed by atoms with Crippen LogP contribution in [0.2, 0.25) is 0 Å². The van der Waals surface area contributed by atoms with E-state index in [2.05, 4.69) is 9.82 Å². The molecular formula is C27H29N3O3S. The molecule has 0 aliphatic carbocycles. The third-order valence-corrected chi connectivity index (χ3v) is 6.74. The van der Waals surface area contributed by atoms with Gasteiger partial charge in [0.15, 0.2) is 11.0 Å². The molecule has 0 aliphatic rings. The van der Waals surface area contributed by atoms with Crippen molar-refractivity contribution in [3.05, 3.63) is 102 Å². The van der Waals surface area contributed by atoms with Crippen molar-refractivity contribution in [1.29, 1.82) is 0 Å². The SMILES string of the molecule is Cc1cc(CCC(=O)Cc2ccc(NS(=O)c3ccccc3-c3ccccc3)cc2)nn1C.O. The van der Waals surface area contributed by atoms with Gasteiger partial charge in [-0.3, -0.25) is 9.48 Å². The van der Waals surface area contributed by atoms with E-state index in [-0.39, 0.29) is 11.3 Å². The van der Waals surface area contributed by atoms with Crippen molar-refractivity contribution >= 4 is 22.5 Å². The van der Waals surface area contributed by atoms with E-state index in [4.69, 9.17) is 0 Å². The number of benzene rings is 3. The number of rotatable bonds is 9. The molecule has 0 amide bonds. The smallest absolute Gasteiger partial charge is 0.150 e. The summed E-state index contributed by atoms with van der Waals surface area (Å²) in [5.41, 5.74) is 5.69. The molecule has 0 saturated carbocycles. The molecule has 4 rings (SSSR count). The van der Waals surface area contributed by atoms with E-state index in [0.29, 0.717) is 19.3 Å². The van der Waals surface area contributed by atoms with Gasteiger partial charge in [0.05, 0.1) is 10.6 Å². The molecule has 0 radical (unpaired) electrons. The third-order valence-electron chi connectivity index (χ3n) is 5.56. The van der Waals surface area contributed by atoms with Gasteiger partial charge in [-0.15, -0.1) is 0 Å². The number of anilines is 1. The van der Waals surface area contributed by atoms with Crippen molar-refractivity contribution in [1.82, 2.24) is 9.78 Å². The van der Waals surface area contributed by atoms with Gasteiger partial charge in [0.25, 0.3) is 0 Å². The molecule has 0 saturated heterocycles. The van der Waals surface area contributed by atoms with E-state index >= 15 is 0 Å². The lowest BCUT2D eigenvalue weighted by Crippen LogP contribution is -2.07. The first-order chi connectivity index (χ1) is 16.0. The standard InChI is InChI=1S/C27H27N3O2S.H2O/c1-20-18-24(28-30(20)2)16-17-25(31)19-21-12-14-23(15-13-21)29-33(32)27-11-7-6-10-26(27)22-8-4-3-5-9-22;/h3-15,18,29H,16-17,19H2,1-2H3;1H2. The van der Waals surface area contributed by atoms with E-state index in [1.165, 1.54) is 0 Å². The zero-order chi connectivity index (χ0) is 23.2. The van der Waals surface area contributed by atoms with Crippen LogP contribution in [-0.4, -0.2) is 25.2 Å². The summed E-state index contributed by atoms with van der Waals surface area (Å²) in [6.45, 7) is 2.00. The number of ketones is 1. The Morgan fingerprint density at radius 2 is 1.65 bits per heavy atom. The maximum Gasteiger partial charge on any atom is 0.150 e. The molecule has 1 atom stereocenters. The Morgan fingerprint density at radius 3 is 2.32 bits per heavy atom. The molecule has 1 unspecified atom stereocenters. The maximum atomic E-state index is 13.1. The normalized spacial score (nSPS) is 11.5. The highest BCUT2D eigenvalue weighted by molar-refractivity contribution is 7.86. The molecule has 0 aliphatic heterocycles. The summed E-state index contributed by atoms with van der Waals surface area (Å²) in [4.78, 5) is 13.1. The lowest BCUT2D eigenvalue weighted by atomic mass is 10.0. The van der Waals surface area contributed by atoms with Crippen molar-refractivity contribution in [2.24, 2.45) is 7.05 Å². The second kappa shape index (κ2) is 11.5.